The van der Waals surface area contributed by atoms with E-state index in [1.165, 1.54) is 0 Å². The average molecular weight is 288 g/mol. The Morgan fingerprint density at radius 3 is 2.76 bits per heavy atom. The van der Waals surface area contributed by atoms with Gasteiger partial charge in [0.1, 0.15) is 11.4 Å². The molecule has 0 saturated heterocycles. The second-order valence-corrected chi connectivity index (χ2v) is 4.82. The lowest BCUT2D eigenvalue weighted by molar-refractivity contribution is 0.484. The summed E-state index contributed by atoms with van der Waals surface area (Å²) in [4.78, 5) is 4.59. The summed E-state index contributed by atoms with van der Waals surface area (Å²) in [5.41, 5.74) is 2.86. The van der Waals surface area contributed by atoms with Crippen LogP contribution in [0.3, 0.4) is 0 Å². The van der Waals surface area contributed by atoms with Crippen LogP contribution in [0.1, 0.15) is 12.5 Å². The molecule has 17 heavy (non-hydrogen) atoms. The zero-order valence-corrected chi connectivity index (χ0v) is 10.9. The largest absolute Gasteiger partial charge is 0.454 e. The van der Waals surface area contributed by atoms with E-state index >= 15 is 0 Å². The third-order valence-electron chi connectivity index (χ3n) is 2.70. The van der Waals surface area contributed by atoms with Gasteiger partial charge < -0.3 is 4.74 Å². The maximum atomic E-state index is 5.89. The van der Waals surface area contributed by atoms with Crippen molar-refractivity contribution in [2.24, 2.45) is 4.99 Å². The molecule has 0 unspecified atom stereocenters. The minimum Gasteiger partial charge on any atom is -0.454 e. The molecular weight excluding hydrogens is 278 g/mol. The van der Waals surface area contributed by atoms with Crippen LogP contribution in [0.25, 0.3) is 0 Å². The lowest BCUT2D eigenvalue weighted by Gasteiger charge is -2.08. The first-order chi connectivity index (χ1) is 8.24. The van der Waals surface area contributed by atoms with Gasteiger partial charge >= 0.3 is 0 Å². The molecule has 0 radical (unpaired) electrons. The van der Waals surface area contributed by atoms with Crippen molar-refractivity contribution < 1.29 is 4.74 Å². The van der Waals surface area contributed by atoms with Crippen molar-refractivity contribution in [3.63, 3.8) is 0 Å². The van der Waals surface area contributed by atoms with Crippen molar-refractivity contribution in [2.45, 2.75) is 6.92 Å². The fourth-order valence-corrected chi connectivity index (χ4v) is 2.23. The maximum Gasteiger partial charge on any atom is 0.153 e. The molecule has 2 aromatic rings. The van der Waals surface area contributed by atoms with Crippen LogP contribution in [0.5, 0.6) is 11.5 Å². The average Bonchev–Trinajstić information content (AvgIpc) is 2.46. The lowest BCUT2D eigenvalue weighted by Crippen LogP contribution is -1.95. The first-order valence-electron chi connectivity index (χ1n) is 5.36. The SMILES string of the molecule is CC1=Nc2ccccc2Oc2ccc(Br)cc21. The highest BCUT2D eigenvalue weighted by Gasteiger charge is 2.15. The zero-order chi connectivity index (χ0) is 11.8. The van der Waals surface area contributed by atoms with Gasteiger partial charge in [0.25, 0.3) is 0 Å². The quantitative estimate of drug-likeness (QED) is 0.688. The number of benzene rings is 2. The molecule has 2 nitrogen and oxygen atoms in total. The molecule has 84 valence electrons. The van der Waals surface area contributed by atoms with Crippen LogP contribution in [0.4, 0.5) is 5.69 Å². The Labute approximate surface area is 108 Å². The number of fused-ring (bicyclic) bond motifs is 2. The van der Waals surface area contributed by atoms with Crippen LogP contribution in [0.2, 0.25) is 0 Å². The minimum atomic E-state index is 0.799. The Bertz CT molecular complexity index is 619. The number of nitrogens with zero attached hydrogens (tertiary/aromatic N) is 1. The molecule has 0 spiro atoms. The molecule has 0 aromatic heterocycles. The van der Waals surface area contributed by atoms with E-state index in [1.54, 1.807) is 0 Å². The minimum absolute atomic E-state index is 0.799. The molecule has 0 atom stereocenters. The van der Waals surface area contributed by atoms with Crippen LogP contribution in [0, 0.1) is 0 Å². The second-order valence-electron chi connectivity index (χ2n) is 3.91. The summed E-state index contributed by atoms with van der Waals surface area (Å²) in [5, 5.41) is 0. The highest BCUT2D eigenvalue weighted by atomic mass is 79.9. The van der Waals surface area contributed by atoms with Gasteiger partial charge in [-0.15, -0.1) is 0 Å². The molecule has 2 aromatic carbocycles. The monoisotopic (exact) mass is 287 g/mol. The Morgan fingerprint density at radius 1 is 1.06 bits per heavy atom. The summed E-state index contributed by atoms with van der Waals surface area (Å²) in [7, 11) is 0. The number of hydrogen-bond acceptors (Lipinski definition) is 2. The van der Waals surface area contributed by atoms with Crippen molar-refractivity contribution in [3.8, 4) is 11.5 Å². The zero-order valence-electron chi connectivity index (χ0n) is 9.27. The van der Waals surface area contributed by atoms with E-state index in [-0.39, 0.29) is 0 Å². The van der Waals surface area contributed by atoms with Gasteiger partial charge in [-0.25, -0.2) is 4.99 Å². The van der Waals surface area contributed by atoms with Crippen molar-refractivity contribution in [2.75, 3.05) is 0 Å². The fourth-order valence-electron chi connectivity index (χ4n) is 1.87. The van der Waals surface area contributed by atoms with E-state index < -0.39 is 0 Å². The molecule has 0 saturated carbocycles. The predicted molar refractivity (Wildman–Crippen MR) is 72.5 cm³/mol. The molecule has 1 aliphatic heterocycles. The van der Waals surface area contributed by atoms with Crippen molar-refractivity contribution in [3.05, 3.63) is 52.5 Å². The Morgan fingerprint density at radius 2 is 1.88 bits per heavy atom. The van der Waals surface area contributed by atoms with E-state index in [4.69, 9.17) is 4.74 Å². The van der Waals surface area contributed by atoms with E-state index in [0.717, 1.165) is 32.9 Å². The topological polar surface area (TPSA) is 21.6 Å². The van der Waals surface area contributed by atoms with Crippen LogP contribution in [0.15, 0.2) is 51.9 Å². The summed E-state index contributed by atoms with van der Waals surface area (Å²) in [6.45, 7) is 2.00. The number of ether oxygens (including phenoxy) is 1. The van der Waals surface area contributed by atoms with Gasteiger partial charge in [0.15, 0.2) is 5.75 Å². The summed E-state index contributed by atoms with van der Waals surface area (Å²) >= 11 is 3.47. The Balaban J connectivity index is 2.24. The highest BCUT2D eigenvalue weighted by molar-refractivity contribution is 9.10. The molecule has 0 N–H and O–H groups in total. The summed E-state index contributed by atoms with van der Waals surface area (Å²) < 4.78 is 6.92. The van der Waals surface area contributed by atoms with Crippen molar-refractivity contribution >= 4 is 27.3 Å². The summed E-state index contributed by atoms with van der Waals surface area (Å²) in [6, 6.07) is 13.8. The van der Waals surface area contributed by atoms with Crippen LogP contribution in [-0.2, 0) is 0 Å². The van der Waals surface area contributed by atoms with E-state index in [9.17, 15) is 0 Å². The van der Waals surface area contributed by atoms with Gasteiger partial charge in [-0.1, -0.05) is 28.1 Å². The van der Waals surface area contributed by atoms with E-state index in [0.29, 0.717) is 0 Å². The predicted octanol–water partition coefficient (Wildman–Crippen LogP) is 4.70. The Kier molecular flexibility index (Phi) is 2.48. The van der Waals surface area contributed by atoms with Gasteiger partial charge in [0.05, 0.1) is 0 Å². The second kappa shape index (κ2) is 4.00. The smallest absolute Gasteiger partial charge is 0.153 e. The number of aliphatic imine (C=N–C) groups is 1. The maximum absolute atomic E-state index is 5.89. The van der Waals surface area contributed by atoms with Gasteiger partial charge in [0, 0.05) is 15.7 Å². The van der Waals surface area contributed by atoms with Gasteiger partial charge in [-0.2, -0.15) is 0 Å². The third-order valence-corrected chi connectivity index (χ3v) is 3.20. The van der Waals surface area contributed by atoms with Gasteiger partial charge in [-0.3, -0.25) is 0 Å². The van der Waals surface area contributed by atoms with Crippen molar-refractivity contribution in [1.82, 2.24) is 0 Å². The number of halogens is 1. The fraction of sp³-hybridized carbons (Fsp3) is 0.0714. The first kappa shape index (κ1) is 10.5. The van der Waals surface area contributed by atoms with E-state index in [2.05, 4.69) is 20.9 Å². The van der Waals surface area contributed by atoms with Crippen LogP contribution >= 0.6 is 15.9 Å². The van der Waals surface area contributed by atoms with Crippen LogP contribution < -0.4 is 4.74 Å². The molecule has 3 rings (SSSR count). The molecule has 1 aliphatic rings. The number of rotatable bonds is 0. The standard InChI is InChI=1S/C14H10BrNO/c1-9-11-8-10(15)6-7-13(11)17-14-5-3-2-4-12(14)16-9/h2-8H,1H3. The molecule has 1 heterocycles. The molecule has 3 heteroatoms. The molecule has 0 amide bonds. The molecular formula is C14H10BrNO. The van der Waals surface area contributed by atoms with E-state index in [1.807, 2.05) is 49.4 Å². The summed E-state index contributed by atoms with van der Waals surface area (Å²) in [6.07, 6.45) is 0. The molecule has 0 bridgehead atoms. The van der Waals surface area contributed by atoms with Gasteiger partial charge in [-0.05, 0) is 37.3 Å². The normalized spacial score (nSPS) is 12.9. The summed E-state index contributed by atoms with van der Waals surface area (Å²) in [5.74, 6) is 1.65. The number of para-hydroxylation sites is 2. The third kappa shape index (κ3) is 1.87. The molecule has 0 aliphatic carbocycles. The Hall–Kier alpha value is -1.61. The first-order valence-corrected chi connectivity index (χ1v) is 6.15. The highest BCUT2D eigenvalue weighted by Crippen LogP contribution is 2.37. The van der Waals surface area contributed by atoms with Crippen molar-refractivity contribution in [1.29, 1.82) is 0 Å². The molecule has 0 fully saturated rings. The van der Waals surface area contributed by atoms with Crippen LogP contribution in [-0.4, -0.2) is 5.71 Å². The number of hydrogen-bond donors (Lipinski definition) is 0. The lowest BCUT2D eigenvalue weighted by atomic mass is 10.1. The van der Waals surface area contributed by atoms with Gasteiger partial charge in [0.2, 0.25) is 0 Å².